The van der Waals surface area contributed by atoms with E-state index in [0.29, 0.717) is 30.0 Å². The second-order valence-corrected chi connectivity index (χ2v) is 8.33. The molecule has 4 rings (SSSR count). The maximum Gasteiger partial charge on any atom is 0.282 e. The summed E-state index contributed by atoms with van der Waals surface area (Å²) < 4.78 is 0. The van der Waals surface area contributed by atoms with E-state index in [2.05, 4.69) is 6.07 Å². The summed E-state index contributed by atoms with van der Waals surface area (Å²) in [4.78, 5) is 30.9. The topological polar surface area (TPSA) is 40.6 Å². The first-order valence-corrected chi connectivity index (χ1v) is 11.0. The van der Waals surface area contributed by atoms with Crippen molar-refractivity contribution in [2.75, 3.05) is 11.4 Å². The third kappa shape index (κ3) is 3.96. The molecule has 0 saturated carbocycles. The van der Waals surface area contributed by atoms with Crippen LogP contribution in [0.3, 0.4) is 0 Å². The molecule has 1 heterocycles. The van der Waals surface area contributed by atoms with Crippen molar-refractivity contribution in [2.45, 2.75) is 34.2 Å². The van der Waals surface area contributed by atoms with Gasteiger partial charge >= 0.3 is 0 Å². The number of hydrogen-bond acceptors (Lipinski definition) is 3. The van der Waals surface area contributed by atoms with Crippen LogP contribution in [-0.2, 0) is 16.1 Å². The fourth-order valence-electron chi connectivity index (χ4n) is 4.30. The molecule has 4 nitrogen and oxygen atoms in total. The summed E-state index contributed by atoms with van der Waals surface area (Å²) in [7, 11) is 0. The van der Waals surface area contributed by atoms with Crippen molar-refractivity contribution >= 4 is 23.1 Å². The lowest BCUT2D eigenvalue weighted by Crippen LogP contribution is -2.35. The van der Waals surface area contributed by atoms with Gasteiger partial charge in [0.05, 0.1) is 11.3 Å². The average molecular weight is 425 g/mol. The lowest BCUT2D eigenvalue weighted by Gasteiger charge is -2.25. The predicted molar refractivity (Wildman–Crippen MR) is 129 cm³/mol. The molecule has 0 fully saturated rings. The van der Waals surface area contributed by atoms with Crippen LogP contribution in [0.2, 0.25) is 0 Å². The van der Waals surface area contributed by atoms with E-state index >= 15 is 0 Å². The van der Waals surface area contributed by atoms with Crippen LogP contribution < -0.4 is 4.90 Å². The molecule has 4 heteroatoms. The van der Waals surface area contributed by atoms with Crippen LogP contribution in [0.25, 0.3) is 5.57 Å². The standard InChI is InChI=1S/C28H28N2O2/c1-5-29(18-22-11-7-6-8-12-22)26-25(24-15-14-20(3)16-21(24)4)27(31)30(28(26)32)23-13-9-10-19(2)17-23/h6-17H,5,18H2,1-4H3. The van der Waals surface area contributed by atoms with Gasteiger partial charge in [-0.1, -0.05) is 66.2 Å². The summed E-state index contributed by atoms with van der Waals surface area (Å²) in [6.45, 7) is 9.17. The van der Waals surface area contributed by atoms with Crippen molar-refractivity contribution in [3.63, 3.8) is 0 Å². The molecule has 0 aromatic heterocycles. The van der Waals surface area contributed by atoms with Gasteiger partial charge in [0.15, 0.2) is 0 Å². The average Bonchev–Trinajstić information content (AvgIpc) is 3.03. The van der Waals surface area contributed by atoms with Crippen LogP contribution in [0, 0.1) is 20.8 Å². The van der Waals surface area contributed by atoms with Crippen LogP contribution >= 0.6 is 0 Å². The lowest BCUT2D eigenvalue weighted by molar-refractivity contribution is -0.120. The molecule has 1 aliphatic rings. The highest BCUT2D eigenvalue weighted by molar-refractivity contribution is 6.45. The molecule has 2 amide bonds. The fraction of sp³-hybridized carbons (Fsp3) is 0.214. The monoisotopic (exact) mass is 424 g/mol. The van der Waals surface area contributed by atoms with Crippen LogP contribution in [0.4, 0.5) is 5.69 Å². The molecule has 0 N–H and O–H groups in total. The molecular weight excluding hydrogens is 396 g/mol. The van der Waals surface area contributed by atoms with Crippen molar-refractivity contribution in [3.05, 3.63) is 106 Å². The highest BCUT2D eigenvalue weighted by atomic mass is 16.2. The van der Waals surface area contributed by atoms with E-state index in [9.17, 15) is 9.59 Å². The van der Waals surface area contributed by atoms with Crippen LogP contribution in [-0.4, -0.2) is 23.3 Å². The van der Waals surface area contributed by atoms with Crippen LogP contribution in [0.15, 0.2) is 78.5 Å². The van der Waals surface area contributed by atoms with Crippen molar-refractivity contribution in [2.24, 2.45) is 0 Å². The van der Waals surface area contributed by atoms with E-state index in [1.54, 1.807) is 0 Å². The summed E-state index contributed by atoms with van der Waals surface area (Å²) in [6, 6.07) is 23.6. The molecule has 0 spiro atoms. The van der Waals surface area contributed by atoms with Gasteiger partial charge in [-0.15, -0.1) is 0 Å². The Kier molecular flexibility index (Phi) is 5.95. The Morgan fingerprint density at radius 2 is 1.50 bits per heavy atom. The zero-order chi connectivity index (χ0) is 22.8. The Balaban J connectivity index is 1.87. The minimum absolute atomic E-state index is 0.269. The van der Waals surface area contributed by atoms with Gasteiger partial charge in [-0.25, -0.2) is 4.90 Å². The van der Waals surface area contributed by atoms with Gasteiger partial charge in [-0.3, -0.25) is 9.59 Å². The van der Waals surface area contributed by atoms with Crippen molar-refractivity contribution in [1.29, 1.82) is 0 Å². The zero-order valence-corrected chi connectivity index (χ0v) is 19.1. The van der Waals surface area contributed by atoms with Gasteiger partial charge < -0.3 is 4.90 Å². The van der Waals surface area contributed by atoms with E-state index in [-0.39, 0.29) is 11.8 Å². The second-order valence-electron chi connectivity index (χ2n) is 8.33. The molecule has 32 heavy (non-hydrogen) atoms. The second kappa shape index (κ2) is 8.83. The summed E-state index contributed by atoms with van der Waals surface area (Å²) >= 11 is 0. The van der Waals surface area contributed by atoms with Gasteiger partial charge in [0.2, 0.25) is 0 Å². The molecule has 162 valence electrons. The van der Waals surface area contributed by atoms with E-state index in [4.69, 9.17) is 0 Å². The Morgan fingerprint density at radius 3 is 2.16 bits per heavy atom. The highest BCUT2D eigenvalue weighted by Gasteiger charge is 2.42. The van der Waals surface area contributed by atoms with E-state index in [1.807, 2.05) is 99.3 Å². The Morgan fingerprint density at radius 1 is 0.781 bits per heavy atom. The van der Waals surface area contributed by atoms with E-state index < -0.39 is 0 Å². The van der Waals surface area contributed by atoms with Gasteiger partial charge in [-0.2, -0.15) is 0 Å². The smallest absolute Gasteiger partial charge is 0.282 e. The summed E-state index contributed by atoms with van der Waals surface area (Å²) in [5, 5.41) is 0. The number of carbonyl (C=O) groups excluding carboxylic acids is 2. The number of nitrogens with zero attached hydrogens (tertiary/aromatic N) is 2. The Bertz CT molecular complexity index is 1210. The first kappa shape index (κ1) is 21.6. The third-order valence-electron chi connectivity index (χ3n) is 5.88. The number of likely N-dealkylation sites (N-methyl/N-ethyl adjacent to an activating group) is 1. The molecule has 3 aromatic rings. The van der Waals surface area contributed by atoms with Gasteiger partial charge in [0, 0.05) is 13.1 Å². The minimum Gasteiger partial charge on any atom is -0.362 e. The number of carbonyl (C=O) groups is 2. The highest BCUT2D eigenvalue weighted by Crippen LogP contribution is 2.36. The first-order chi connectivity index (χ1) is 15.4. The summed E-state index contributed by atoms with van der Waals surface area (Å²) in [5.74, 6) is -0.539. The van der Waals surface area contributed by atoms with Crippen LogP contribution in [0.1, 0.15) is 34.7 Å². The first-order valence-electron chi connectivity index (χ1n) is 11.0. The molecule has 3 aromatic carbocycles. The van der Waals surface area contributed by atoms with E-state index in [1.165, 1.54) is 4.90 Å². The normalized spacial score (nSPS) is 13.8. The van der Waals surface area contributed by atoms with Crippen molar-refractivity contribution in [3.8, 4) is 0 Å². The predicted octanol–water partition coefficient (Wildman–Crippen LogP) is 5.42. The Hall–Kier alpha value is -3.66. The number of imide groups is 1. The van der Waals surface area contributed by atoms with E-state index in [0.717, 1.165) is 27.8 Å². The number of rotatable bonds is 6. The number of anilines is 1. The lowest BCUT2D eigenvalue weighted by atomic mass is 9.97. The Labute approximate surface area is 189 Å². The maximum absolute atomic E-state index is 13.8. The summed E-state index contributed by atoms with van der Waals surface area (Å²) in [5.41, 5.74) is 6.57. The molecule has 0 unspecified atom stereocenters. The molecule has 0 bridgehead atoms. The third-order valence-corrected chi connectivity index (χ3v) is 5.88. The quantitative estimate of drug-likeness (QED) is 0.496. The molecule has 0 atom stereocenters. The zero-order valence-electron chi connectivity index (χ0n) is 19.1. The SMILES string of the molecule is CCN(Cc1ccccc1)C1=C(c2ccc(C)cc2C)C(=O)N(c2cccc(C)c2)C1=O. The molecule has 0 saturated heterocycles. The maximum atomic E-state index is 13.8. The molecule has 1 aliphatic heterocycles. The van der Waals surface area contributed by atoms with Crippen molar-refractivity contribution < 1.29 is 9.59 Å². The number of benzene rings is 3. The van der Waals surface area contributed by atoms with Crippen LogP contribution in [0.5, 0.6) is 0 Å². The number of amides is 2. The molecular formula is C28H28N2O2. The van der Waals surface area contributed by atoms with Gasteiger partial charge in [0.1, 0.15) is 5.70 Å². The molecule has 0 aliphatic carbocycles. The number of aryl methyl sites for hydroxylation is 3. The minimum atomic E-state index is -0.270. The fourth-order valence-corrected chi connectivity index (χ4v) is 4.30. The van der Waals surface area contributed by atoms with Gasteiger partial charge in [-0.05, 0) is 62.1 Å². The van der Waals surface area contributed by atoms with Crippen molar-refractivity contribution in [1.82, 2.24) is 4.90 Å². The largest absolute Gasteiger partial charge is 0.362 e. The summed E-state index contributed by atoms with van der Waals surface area (Å²) in [6.07, 6.45) is 0. The molecule has 0 radical (unpaired) electrons. The number of hydrogen-bond donors (Lipinski definition) is 0. The van der Waals surface area contributed by atoms with Gasteiger partial charge in [0.25, 0.3) is 11.8 Å².